The zero-order chi connectivity index (χ0) is 17.2. The molecule has 0 aromatic carbocycles. The standard InChI is InChI=1S/C16H25N3O3S2.ClH/c1-12-6-10-19(11-7-12)24(21,22)15-3-2-14(23-15)16(20)18-13-4-8-17-9-5-13;/h2-3,12-13,17H,4-11H2,1H3,(H,18,20);1H. The molecule has 0 radical (unpaired) electrons. The number of nitrogens with zero attached hydrogens (tertiary/aromatic N) is 1. The Morgan fingerprint density at radius 3 is 2.48 bits per heavy atom. The minimum atomic E-state index is -3.47. The van der Waals surface area contributed by atoms with Gasteiger partial charge in [-0.05, 0) is 56.8 Å². The van der Waals surface area contributed by atoms with Gasteiger partial charge in [-0.2, -0.15) is 4.31 Å². The number of carbonyl (C=O) groups excluding carboxylic acids is 1. The Balaban J connectivity index is 0.00000225. The molecule has 2 aliphatic heterocycles. The average molecular weight is 408 g/mol. The Morgan fingerprint density at radius 1 is 1.20 bits per heavy atom. The second kappa shape index (κ2) is 8.81. The van der Waals surface area contributed by atoms with Crippen molar-refractivity contribution in [2.45, 2.75) is 42.9 Å². The lowest BCUT2D eigenvalue weighted by Gasteiger charge is -2.28. The SMILES string of the molecule is CC1CCN(S(=O)(=O)c2ccc(C(=O)NC3CCNCC3)s2)CC1.Cl. The summed E-state index contributed by atoms with van der Waals surface area (Å²) in [6.07, 6.45) is 3.61. The first-order valence-corrected chi connectivity index (χ1v) is 10.8. The molecule has 142 valence electrons. The third kappa shape index (κ3) is 4.95. The van der Waals surface area contributed by atoms with Crippen molar-refractivity contribution < 1.29 is 13.2 Å². The monoisotopic (exact) mass is 407 g/mol. The Bertz CT molecular complexity index is 679. The molecule has 2 N–H and O–H groups in total. The highest BCUT2D eigenvalue weighted by Crippen LogP contribution is 2.28. The molecule has 3 heterocycles. The van der Waals surface area contributed by atoms with Gasteiger partial charge in [0.2, 0.25) is 0 Å². The van der Waals surface area contributed by atoms with Crippen molar-refractivity contribution in [2.24, 2.45) is 5.92 Å². The van der Waals surface area contributed by atoms with Gasteiger partial charge < -0.3 is 10.6 Å². The molecule has 0 aliphatic carbocycles. The summed E-state index contributed by atoms with van der Waals surface area (Å²) < 4.78 is 27.3. The van der Waals surface area contributed by atoms with Crippen molar-refractivity contribution in [1.82, 2.24) is 14.9 Å². The molecule has 1 aromatic heterocycles. The first-order valence-electron chi connectivity index (χ1n) is 8.58. The van der Waals surface area contributed by atoms with E-state index in [4.69, 9.17) is 0 Å². The fourth-order valence-electron chi connectivity index (χ4n) is 3.16. The minimum absolute atomic E-state index is 0. The second-order valence-electron chi connectivity index (χ2n) is 6.70. The smallest absolute Gasteiger partial charge is 0.261 e. The summed E-state index contributed by atoms with van der Waals surface area (Å²) in [5, 5.41) is 6.27. The predicted molar refractivity (Wildman–Crippen MR) is 102 cm³/mol. The summed E-state index contributed by atoms with van der Waals surface area (Å²) in [6.45, 7) is 5.10. The van der Waals surface area contributed by atoms with Gasteiger partial charge >= 0.3 is 0 Å². The number of sulfonamides is 1. The van der Waals surface area contributed by atoms with Crippen LogP contribution in [0.1, 0.15) is 42.3 Å². The van der Waals surface area contributed by atoms with E-state index in [1.54, 1.807) is 16.4 Å². The quantitative estimate of drug-likeness (QED) is 0.800. The fourth-order valence-corrected chi connectivity index (χ4v) is 5.99. The number of piperidine rings is 2. The topological polar surface area (TPSA) is 78.5 Å². The Morgan fingerprint density at radius 2 is 1.84 bits per heavy atom. The molecule has 9 heteroatoms. The van der Waals surface area contributed by atoms with Gasteiger partial charge in [0.05, 0.1) is 4.88 Å². The van der Waals surface area contributed by atoms with Crippen LogP contribution in [0.4, 0.5) is 0 Å². The Labute approximate surface area is 159 Å². The number of nitrogens with one attached hydrogen (secondary N) is 2. The third-order valence-corrected chi connectivity index (χ3v) is 8.27. The summed E-state index contributed by atoms with van der Waals surface area (Å²) in [5.74, 6) is 0.409. The molecule has 25 heavy (non-hydrogen) atoms. The number of hydrogen-bond donors (Lipinski definition) is 2. The Hall–Kier alpha value is -0.670. The highest BCUT2D eigenvalue weighted by Gasteiger charge is 2.30. The van der Waals surface area contributed by atoms with Gasteiger partial charge in [0.15, 0.2) is 0 Å². The van der Waals surface area contributed by atoms with Crippen molar-refractivity contribution >= 4 is 39.7 Å². The van der Waals surface area contributed by atoms with E-state index in [2.05, 4.69) is 17.6 Å². The van der Waals surface area contributed by atoms with Crippen LogP contribution in [0.5, 0.6) is 0 Å². The lowest BCUT2D eigenvalue weighted by atomic mass is 10.0. The Kier molecular flexibility index (Phi) is 7.28. The third-order valence-electron chi connectivity index (χ3n) is 4.82. The summed E-state index contributed by atoms with van der Waals surface area (Å²) in [6, 6.07) is 3.36. The molecule has 0 spiro atoms. The van der Waals surface area contributed by atoms with Gasteiger partial charge in [0, 0.05) is 19.1 Å². The maximum absolute atomic E-state index is 12.7. The van der Waals surface area contributed by atoms with Crippen LogP contribution in [0.3, 0.4) is 0 Å². The number of hydrogen-bond acceptors (Lipinski definition) is 5. The number of thiophene rings is 1. The van der Waals surface area contributed by atoms with Crippen LogP contribution in [0.15, 0.2) is 16.3 Å². The van der Waals surface area contributed by atoms with E-state index in [9.17, 15) is 13.2 Å². The van der Waals surface area contributed by atoms with Crippen LogP contribution in [0, 0.1) is 5.92 Å². The van der Waals surface area contributed by atoms with Gasteiger partial charge in [0.25, 0.3) is 15.9 Å². The largest absolute Gasteiger partial charge is 0.349 e. The van der Waals surface area contributed by atoms with Crippen molar-refractivity contribution in [3.63, 3.8) is 0 Å². The van der Waals surface area contributed by atoms with Crippen LogP contribution < -0.4 is 10.6 Å². The molecule has 1 amide bonds. The molecule has 1 aromatic rings. The lowest BCUT2D eigenvalue weighted by Crippen LogP contribution is -2.42. The molecule has 0 saturated carbocycles. The first-order chi connectivity index (χ1) is 11.5. The molecule has 0 bridgehead atoms. The highest BCUT2D eigenvalue weighted by molar-refractivity contribution is 7.91. The van der Waals surface area contributed by atoms with Crippen molar-refractivity contribution in [1.29, 1.82) is 0 Å². The van der Waals surface area contributed by atoms with Crippen molar-refractivity contribution in [3.05, 3.63) is 17.0 Å². The summed E-state index contributed by atoms with van der Waals surface area (Å²) in [5.41, 5.74) is 0. The second-order valence-corrected chi connectivity index (χ2v) is 9.95. The average Bonchev–Trinajstić information content (AvgIpc) is 3.07. The van der Waals surface area contributed by atoms with E-state index < -0.39 is 10.0 Å². The van der Waals surface area contributed by atoms with Crippen LogP contribution in [0.25, 0.3) is 0 Å². The summed E-state index contributed by atoms with van der Waals surface area (Å²) >= 11 is 1.07. The van der Waals surface area contributed by atoms with Gasteiger partial charge in [-0.3, -0.25) is 4.79 Å². The maximum Gasteiger partial charge on any atom is 0.261 e. The fraction of sp³-hybridized carbons (Fsp3) is 0.688. The molecule has 3 rings (SSSR count). The predicted octanol–water partition coefficient (Wildman–Crippen LogP) is 2.07. The number of amides is 1. The van der Waals surface area contributed by atoms with E-state index >= 15 is 0 Å². The zero-order valence-electron chi connectivity index (χ0n) is 14.4. The van der Waals surface area contributed by atoms with Crippen LogP contribution in [0.2, 0.25) is 0 Å². The van der Waals surface area contributed by atoms with Crippen molar-refractivity contribution in [3.8, 4) is 0 Å². The molecule has 2 fully saturated rings. The van der Waals surface area contributed by atoms with Gasteiger partial charge in [-0.25, -0.2) is 8.42 Å². The molecule has 2 aliphatic rings. The highest BCUT2D eigenvalue weighted by atomic mass is 35.5. The molecule has 2 saturated heterocycles. The van der Waals surface area contributed by atoms with Gasteiger partial charge in [-0.1, -0.05) is 6.92 Å². The van der Waals surface area contributed by atoms with E-state index in [0.29, 0.717) is 23.9 Å². The molecule has 0 atom stereocenters. The lowest BCUT2D eigenvalue weighted by molar-refractivity contribution is 0.0933. The van der Waals surface area contributed by atoms with Gasteiger partial charge in [-0.15, -0.1) is 23.7 Å². The van der Waals surface area contributed by atoms with E-state index in [0.717, 1.165) is 50.1 Å². The first kappa shape index (κ1) is 20.6. The zero-order valence-corrected chi connectivity index (χ0v) is 16.8. The number of carbonyl (C=O) groups is 1. The maximum atomic E-state index is 12.7. The normalized spacial score (nSPS) is 20.8. The molecular formula is C16H26ClN3O3S2. The number of rotatable bonds is 4. The van der Waals surface area contributed by atoms with Gasteiger partial charge in [0.1, 0.15) is 4.21 Å². The molecular weight excluding hydrogens is 382 g/mol. The molecule has 0 unspecified atom stereocenters. The van der Waals surface area contributed by atoms with Crippen LogP contribution >= 0.6 is 23.7 Å². The van der Waals surface area contributed by atoms with E-state index in [-0.39, 0.29) is 28.6 Å². The van der Waals surface area contributed by atoms with E-state index in [1.165, 1.54) is 0 Å². The summed E-state index contributed by atoms with van der Waals surface area (Å²) in [4.78, 5) is 12.8. The van der Waals surface area contributed by atoms with E-state index in [1.807, 2.05) is 0 Å². The summed E-state index contributed by atoms with van der Waals surface area (Å²) in [7, 11) is -3.47. The minimum Gasteiger partial charge on any atom is -0.349 e. The van der Waals surface area contributed by atoms with Crippen molar-refractivity contribution in [2.75, 3.05) is 26.2 Å². The van der Waals surface area contributed by atoms with Crippen LogP contribution in [-0.4, -0.2) is 50.9 Å². The molecule has 6 nitrogen and oxygen atoms in total. The number of halogens is 1. The van der Waals surface area contributed by atoms with Crippen LogP contribution in [-0.2, 0) is 10.0 Å².